The predicted molar refractivity (Wildman–Crippen MR) is 34.3 cm³/mol. The molecule has 0 heterocycles. The molecule has 0 aromatic carbocycles. The smallest absolute Gasteiger partial charge is 0.214 e. The summed E-state index contributed by atoms with van der Waals surface area (Å²) in [5, 5.41) is -1.57. The Morgan fingerprint density at radius 1 is 1.78 bits per heavy atom. The molecule has 0 radical (unpaired) electrons. The fourth-order valence-electron chi connectivity index (χ4n) is 0.879. The molecule has 54 valence electrons. The molecule has 0 aliphatic heterocycles. The average Bonchev–Trinajstić information content (AvgIpc) is 2.19. The standard InChI is InChI=1S/C6H10ClFO/c1-3-9-5-4(2)6(5,7)8/h4-5H,3H2,1-2H3/t4-,5-,6-/m0/s1. The molecular formula is C6H10ClFO. The Kier molecular flexibility index (Phi) is 1.70. The van der Waals surface area contributed by atoms with Crippen molar-refractivity contribution in [2.75, 3.05) is 6.61 Å². The van der Waals surface area contributed by atoms with Gasteiger partial charge in [0.15, 0.2) is 0 Å². The minimum absolute atomic E-state index is 0.140. The van der Waals surface area contributed by atoms with E-state index >= 15 is 0 Å². The van der Waals surface area contributed by atoms with Crippen molar-refractivity contribution in [3.05, 3.63) is 0 Å². The molecule has 0 amide bonds. The summed E-state index contributed by atoms with van der Waals surface area (Å²) in [6, 6.07) is 0. The van der Waals surface area contributed by atoms with E-state index < -0.39 is 5.13 Å². The Balaban J connectivity index is 2.33. The number of halogens is 2. The van der Waals surface area contributed by atoms with Gasteiger partial charge in [0, 0.05) is 12.5 Å². The number of ether oxygens (including phenoxy) is 1. The van der Waals surface area contributed by atoms with Crippen LogP contribution in [-0.2, 0) is 4.74 Å². The van der Waals surface area contributed by atoms with Crippen LogP contribution in [0.4, 0.5) is 4.39 Å². The maximum Gasteiger partial charge on any atom is 0.214 e. The lowest BCUT2D eigenvalue weighted by Crippen LogP contribution is -2.01. The molecule has 9 heavy (non-hydrogen) atoms. The van der Waals surface area contributed by atoms with Gasteiger partial charge in [0.1, 0.15) is 6.10 Å². The van der Waals surface area contributed by atoms with Crippen LogP contribution in [0.1, 0.15) is 13.8 Å². The molecule has 0 spiro atoms. The number of rotatable bonds is 2. The van der Waals surface area contributed by atoms with Crippen molar-refractivity contribution in [2.45, 2.75) is 25.1 Å². The number of hydrogen-bond donors (Lipinski definition) is 0. The molecule has 0 N–H and O–H groups in total. The van der Waals surface area contributed by atoms with Gasteiger partial charge in [-0.05, 0) is 6.92 Å². The normalized spacial score (nSPS) is 49.3. The Morgan fingerprint density at radius 3 is 2.33 bits per heavy atom. The molecule has 0 bridgehead atoms. The molecule has 1 aliphatic carbocycles. The Morgan fingerprint density at radius 2 is 2.22 bits per heavy atom. The Bertz CT molecular complexity index is 116. The van der Waals surface area contributed by atoms with E-state index in [1.807, 2.05) is 6.92 Å². The first kappa shape index (κ1) is 7.29. The summed E-state index contributed by atoms with van der Waals surface area (Å²) < 4.78 is 17.7. The van der Waals surface area contributed by atoms with Crippen molar-refractivity contribution in [3.63, 3.8) is 0 Å². The van der Waals surface area contributed by atoms with Gasteiger partial charge in [-0.2, -0.15) is 0 Å². The van der Waals surface area contributed by atoms with Crippen LogP contribution in [-0.4, -0.2) is 17.8 Å². The summed E-state index contributed by atoms with van der Waals surface area (Å²) in [6.07, 6.45) is -0.371. The monoisotopic (exact) mass is 152 g/mol. The van der Waals surface area contributed by atoms with Crippen molar-refractivity contribution < 1.29 is 9.13 Å². The van der Waals surface area contributed by atoms with Gasteiger partial charge in [0.25, 0.3) is 0 Å². The summed E-state index contributed by atoms with van der Waals surface area (Å²) in [4.78, 5) is 0. The molecule has 0 unspecified atom stereocenters. The molecule has 0 aromatic heterocycles. The van der Waals surface area contributed by atoms with Crippen molar-refractivity contribution in [3.8, 4) is 0 Å². The second kappa shape index (κ2) is 2.10. The largest absolute Gasteiger partial charge is 0.373 e. The van der Waals surface area contributed by atoms with Crippen LogP contribution in [0.15, 0.2) is 0 Å². The zero-order chi connectivity index (χ0) is 7.07. The van der Waals surface area contributed by atoms with Gasteiger partial charge in [-0.1, -0.05) is 18.5 Å². The van der Waals surface area contributed by atoms with Crippen molar-refractivity contribution >= 4 is 11.6 Å². The quantitative estimate of drug-likeness (QED) is 0.550. The molecule has 0 saturated heterocycles. The van der Waals surface area contributed by atoms with E-state index in [0.29, 0.717) is 6.61 Å². The van der Waals surface area contributed by atoms with Crippen LogP contribution < -0.4 is 0 Å². The summed E-state index contributed by atoms with van der Waals surface area (Å²) in [5.41, 5.74) is 0. The maximum absolute atomic E-state index is 12.7. The molecule has 0 aromatic rings. The fraction of sp³-hybridized carbons (Fsp3) is 1.00. The third-order valence-corrected chi connectivity index (χ3v) is 2.24. The highest BCUT2D eigenvalue weighted by molar-refractivity contribution is 6.25. The third-order valence-electron chi connectivity index (χ3n) is 1.68. The first-order valence-corrected chi connectivity index (χ1v) is 3.48. The molecule has 1 aliphatic rings. The SMILES string of the molecule is CCO[C@H]1[C@H](C)[C@@]1(F)Cl. The van der Waals surface area contributed by atoms with Gasteiger partial charge in [-0.25, -0.2) is 4.39 Å². The van der Waals surface area contributed by atoms with Gasteiger partial charge in [-0.3, -0.25) is 0 Å². The minimum atomic E-state index is -1.57. The lowest BCUT2D eigenvalue weighted by atomic mass is 10.5. The molecular weight excluding hydrogens is 143 g/mol. The predicted octanol–water partition coefficient (Wildman–Crippen LogP) is 1.95. The van der Waals surface area contributed by atoms with Gasteiger partial charge >= 0.3 is 0 Å². The number of alkyl halides is 2. The van der Waals surface area contributed by atoms with Gasteiger partial charge in [-0.15, -0.1) is 0 Å². The van der Waals surface area contributed by atoms with E-state index in [1.165, 1.54) is 0 Å². The Labute approximate surface area is 59.1 Å². The van der Waals surface area contributed by atoms with Crippen LogP contribution in [0.3, 0.4) is 0 Å². The molecule has 1 saturated carbocycles. The second-order valence-electron chi connectivity index (χ2n) is 2.34. The second-order valence-corrected chi connectivity index (χ2v) is 2.92. The van der Waals surface area contributed by atoms with Crippen LogP contribution in [0.5, 0.6) is 0 Å². The molecule has 1 rings (SSSR count). The Hall–Kier alpha value is 0.180. The average molecular weight is 153 g/mol. The zero-order valence-electron chi connectivity index (χ0n) is 5.53. The summed E-state index contributed by atoms with van der Waals surface area (Å²) in [5.74, 6) is -0.140. The van der Waals surface area contributed by atoms with E-state index in [1.54, 1.807) is 6.92 Å². The summed E-state index contributed by atoms with van der Waals surface area (Å²) in [7, 11) is 0. The van der Waals surface area contributed by atoms with Crippen LogP contribution in [0, 0.1) is 5.92 Å². The summed E-state index contributed by atoms with van der Waals surface area (Å²) in [6.45, 7) is 4.11. The summed E-state index contributed by atoms with van der Waals surface area (Å²) >= 11 is 5.34. The van der Waals surface area contributed by atoms with E-state index in [9.17, 15) is 4.39 Å². The van der Waals surface area contributed by atoms with Gasteiger partial charge in [0.05, 0.1) is 0 Å². The molecule has 3 heteroatoms. The van der Waals surface area contributed by atoms with Gasteiger partial charge in [0.2, 0.25) is 5.13 Å². The van der Waals surface area contributed by atoms with E-state index in [2.05, 4.69) is 0 Å². The first-order valence-electron chi connectivity index (χ1n) is 3.10. The first-order chi connectivity index (χ1) is 4.10. The van der Waals surface area contributed by atoms with Crippen molar-refractivity contribution in [1.82, 2.24) is 0 Å². The topological polar surface area (TPSA) is 9.23 Å². The molecule has 3 atom stereocenters. The highest BCUT2D eigenvalue weighted by Gasteiger charge is 2.64. The van der Waals surface area contributed by atoms with Gasteiger partial charge < -0.3 is 4.74 Å². The van der Waals surface area contributed by atoms with E-state index in [-0.39, 0.29) is 12.0 Å². The highest BCUT2D eigenvalue weighted by Crippen LogP contribution is 2.52. The van der Waals surface area contributed by atoms with E-state index in [0.717, 1.165) is 0 Å². The van der Waals surface area contributed by atoms with Crippen LogP contribution >= 0.6 is 11.6 Å². The van der Waals surface area contributed by atoms with Crippen molar-refractivity contribution in [2.24, 2.45) is 5.92 Å². The minimum Gasteiger partial charge on any atom is -0.373 e. The number of hydrogen-bond acceptors (Lipinski definition) is 1. The fourth-order valence-corrected chi connectivity index (χ4v) is 1.18. The van der Waals surface area contributed by atoms with Crippen molar-refractivity contribution in [1.29, 1.82) is 0 Å². The molecule has 1 nitrogen and oxygen atoms in total. The van der Waals surface area contributed by atoms with Crippen LogP contribution in [0.25, 0.3) is 0 Å². The molecule has 1 fully saturated rings. The third kappa shape index (κ3) is 1.06. The van der Waals surface area contributed by atoms with Crippen LogP contribution in [0.2, 0.25) is 0 Å². The lowest BCUT2D eigenvalue weighted by molar-refractivity contribution is 0.102. The maximum atomic E-state index is 12.7. The zero-order valence-corrected chi connectivity index (χ0v) is 6.28. The lowest BCUT2D eigenvalue weighted by Gasteiger charge is -1.95. The highest BCUT2D eigenvalue weighted by atomic mass is 35.5. The van der Waals surface area contributed by atoms with E-state index in [4.69, 9.17) is 16.3 Å².